The fourth-order valence-corrected chi connectivity index (χ4v) is 5.55. The highest BCUT2D eigenvalue weighted by Crippen LogP contribution is 2.23. The summed E-state index contributed by atoms with van der Waals surface area (Å²) < 4.78 is 28.9. The average Bonchev–Trinajstić information content (AvgIpc) is 3.51. The number of carbonyl (C=O) groups excluding carboxylic acids is 1. The molecule has 0 bridgehead atoms. The molecule has 0 radical (unpaired) electrons. The second-order valence-corrected chi connectivity index (χ2v) is 9.96. The molecule has 0 atom stereocenters. The number of anilines is 1. The van der Waals surface area contributed by atoms with Crippen molar-refractivity contribution in [2.45, 2.75) is 24.3 Å². The molecular formula is C24H23N5O3S. The molecule has 1 aliphatic rings. The minimum Gasteiger partial charge on any atom is -0.322 e. The third-order valence-corrected chi connectivity index (χ3v) is 7.66. The summed E-state index contributed by atoms with van der Waals surface area (Å²) in [4.78, 5) is 12.9. The van der Waals surface area contributed by atoms with Crippen molar-refractivity contribution in [3.05, 3.63) is 83.9 Å². The first-order valence-corrected chi connectivity index (χ1v) is 12.2. The number of benzene rings is 3. The van der Waals surface area contributed by atoms with Crippen LogP contribution in [0.3, 0.4) is 0 Å². The summed E-state index contributed by atoms with van der Waals surface area (Å²) in [5, 5.41) is 11.2. The molecule has 168 valence electrons. The van der Waals surface area contributed by atoms with Crippen LogP contribution in [-0.4, -0.2) is 46.7 Å². The fourth-order valence-electron chi connectivity index (χ4n) is 3.98. The predicted molar refractivity (Wildman–Crippen MR) is 125 cm³/mol. The lowest BCUT2D eigenvalue weighted by Crippen LogP contribution is -2.27. The maximum atomic E-state index is 12.8. The second-order valence-electron chi connectivity index (χ2n) is 8.03. The van der Waals surface area contributed by atoms with Gasteiger partial charge in [0.05, 0.1) is 17.0 Å². The van der Waals surface area contributed by atoms with Gasteiger partial charge in [-0.1, -0.05) is 35.5 Å². The SMILES string of the molecule is O=C(Nc1cccc(S(=O)(=O)N2CCCC2)c1)c1ccc(Cn2nnc3ccccc32)cc1. The van der Waals surface area contributed by atoms with Gasteiger partial charge in [0.1, 0.15) is 5.52 Å². The Labute approximate surface area is 191 Å². The van der Waals surface area contributed by atoms with Gasteiger partial charge in [-0.15, -0.1) is 5.10 Å². The van der Waals surface area contributed by atoms with Crippen LogP contribution in [0.25, 0.3) is 11.0 Å². The normalized spacial score (nSPS) is 14.5. The zero-order valence-electron chi connectivity index (χ0n) is 17.9. The Morgan fingerprint density at radius 1 is 0.939 bits per heavy atom. The molecule has 0 unspecified atom stereocenters. The minimum absolute atomic E-state index is 0.192. The summed E-state index contributed by atoms with van der Waals surface area (Å²) in [5.74, 6) is -0.302. The minimum atomic E-state index is -3.54. The van der Waals surface area contributed by atoms with Gasteiger partial charge in [-0.25, -0.2) is 13.1 Å². The maximum Gasteiger partial charge on any atom is 0.255 e. The first-order chi connectivity index (χ1) is 16.0. The first kappa shape index (κ1) is 21.3. The number of amides is 1. The fraction of sp³-hybridized carbons (Fsp3) is 0.208. The first-order valence-electron chi connectivity index (χ1n) is 10.8. The highest BCUT2D eigenvalue weighted by molar-refractivity contribution is 7.89. The molecule has 1 fully saturated rings. The van der Waals surface area contributed by atoms with E-state index in [0.29, 0.717) is 30.9 Å². The Morgan fingerprint density at radius 2 is 1.70 bits per heavy atom. The maximum absolute atomic E-state index is 12.8. The van der Waals surface area contributed by atoms with E-state index in [4.69, 9.17) is 0 Å². The molecule has 9 heteroatoms. The van der Waals surface area contributed by atoms with E-state index in [1.165, 1.54) is 10.4 Å². The van der Waals surface area contributed by atoms with Crippen LogP contribution in [-0.2, 0) is 16.6 Å². The number of carbonyl (C=O) groups is 1. The van der Waals surface area contributed by atoms with Crippen LogP contribution in [0.2, 0.25) is 0 Å². The van der Waals surface area contributed by atoms with Crippen molar-refractivity contribution in [1.82, 2.24) is 19.3 Å². The molecule has 0 aliphatic carbocycles. The van der Waals surface area contributed by atoms with Gasteiger partial charge >= 0.3 is 0 Å². The van der Waals surface area contributed by atoms with Crippen molar-refractivity contribution in [2.24, 2.45) is 0 Å². The molecule has 2 heterocycles. The third-order valence-electron chi connectivity index (χ3n) is 5.76. The van der Waals surface area contributed by atoms with Crippen LogP contribution in [0, 0.1) is 0 Å². The monoisotopic (exact) mass is 461 g/mol. The van der Waals surface area contributed by atoms with Crippen molar-refractivity contribution < 1.29 is 13.2 Å². The Hall–Kier alpha value is -3.56. The van der Waals surface area contributed by atoms with E-state index in [0.717, 1.165) is 29.4 Å². The summed E-state index contributed by atoms with van der Waals surface area (Å²) >= 11 is 0. The van der Waals surface area contributed by atoms with Crippen LogP contribution in [0.1, 0.15) is 28.8 Å². The number of hydrogen-bond acceptors (Lipinski definition) is 5. The molecule has 1 aromatic heterocycles. The predicted octanol–water partition coefficient (Wildman–Crippen LogP) is 3.52. The third kappa shape index (κ3) is 4.37. The molecule has 33 heavy (non-hydrogen) atoms. The van der Waals surface area contributed by atoms with Gasteiger partial charge in [-0.3, -0.25) is 4.79 Å². The van der Waals surface area contributed by atoms with Gasteiger partial charge in [0.15, 0.2) is 0 Å². The van der Waals surface area contributed by atoms with Gasteiger partial charge in [0.25, 0.3) is 5.91 Å². The lowest BCUT2D eigenvalue weighted by atomic mass is 10.1. The number of aromatic nitrogens is 3. The topological polar surface area (TPSA) is 97.2 Å². The lowest BCUT2D eigenvalue weighted by Gasteiger charge is -2.16. The van der Waals surface area contributed by atoms with Crippen molar-refractivity contribution in [2.75, 3.05) is 18.4 Å². The molecule has 0 spiro atoms. The Kier molecular flexibility index (Phi) is 5.65. The number of nitrogens with zero attached hydrogens (tertiary/aromatic N) is 4. The quantitative estimate of drug-likeness (QED) is 0.474. The molecule has 3 aromatic carbocycles. The summed E-state index contributed by atoms with van der Waals surface area (Å²) in [7, 11) is -3.54. The molecule has 1 saturated heterocycles. The molecule has 4 aromatic rings. The molecule has 1 aliphatic heterocycles. The number of hydrogen-bond donors (Lipinski definition) is 1. The molecule has 0 saturated carbocycles. The van der Waals surface area contributed by atoms with Crippen molar-refractivity contribution in [3.8, 4) is 0 Å². The van der Waals surface area contributed by atoms with Gasteiger partial charge < -0.3 is 5.32 Å². The van der Waals surface area contributed by atoms with Crippen LogP contribution in [0.15, 0.2) is 77.7 Å². The van der Waals surface area contributed by atoms with Crippen molar-refractivity contribution in [3.63, 3.8) is 0 Å². The van der Waals surface area contributed by atoms with E-state index < -0.39 is 10.0 Å². The zero-order valence-corrected chi connectivity index (χ0v) is 18.7. The van der Waals surface area contributed by atoms with E-state index in [1.54, 1.807) is 30.3 Å². The molecule has 1 amide bonds. The van der Waals surface area contributed by atoms with E-state index in [1.807, 2.05) is 41.1 Å². The smallest absolute Gasteiger partial charge is 0.255 e. The van der Waals surface area contributed by atoms with Gasteiger partial charge in [-0.2, -0.15) is 4.31 Å². The van der Waals surface area contributed by atoms with Gasteiger partial charge in [0, 0.05) is 24.3 Å². The molecule has 1 N–H and O–H groups in total. The van der Waals surface area contributed by atoms with Gasteiger partial charge in [-0.05, 0) is 60.9 Å². The summed E-state index contributed by atoms with van der Waals surface area (Å²) in [6.45, 7) is 1.62. The standard InChI is InChI=1S/C24H23N5O3S/c30-24(25-20-6-5-7-21(16-20)33(31,32)28-14-3-4-15-28)19-12-10-18(11-13-19)17-29-23-9-2-1-8-22(23)26-27-29/h1-2,5-13,16H,3-4,14-15,17H2,(H,25,30). The second kappa shape index (κ2) is 8.76. The van der Waals surface area contributed by atoms with Crippen LogP contribution in [0.5, 0.6) is 0 Å². The summed E-state index contributed by atoms with van der Waals surface area (Å²) in [5.41, 5.74) is 3.69. The van der Waals surface area contributed by atoms with Crippen LogP contribution < -0.4 is 5.32 Å². The number of rotatable bonds is 6. The van der Waals surface area contributed by atoms with Gasteiger partial charge in [0.2, 0.25) is 10.0 Å². The number of sulfonamides is 1. The van der Waals surface area contributed by atoms with E-state index in [-0.39, 0.29) is 10.8 Å². The van der Waals surface area contributed by atoms with Crippen LogP contribution >= 0.6 is 0 Å². The van der Waals surface area contributed by atoms with E-state index in [2.05, 4.69) is 15.6 Å². The molecule has 8 nitrogen and oxygen atoms in total. The van der Waals surface area contributed by atoms with E-state index >= 15 is 0 Å². The highest BCUT2D eigenvalue weighted by atomic mass is 32.2. The summed E-state index contributed by atoms with van der Waals surface area (Å²) in [6, 6.07) is 21.4. The van der Waals surface area contributed by atoms with E-state index in [9.17, 15) is 13.2 Å². The Morgan fingerprint density at radius 3 is 2.48 bits per heavy atom. The Bertz CT molecular complexity index is 1410. The number of nitrogens with one attached hydrogen (secondary N) is 1. The van der Waals surface area contributed by atoms with Crippen LogP contribution in [0.4, 0.5) is 5.69 Å². The molecular weight excluding hydrogens is 438 g/mol. The zero-order chi connectivity index (χ0) is 22.8. The number of fused-ring (bicyclic) bond motifs is 1. The Balaban J connectivity index is 1.28. The average molecular weight is 462 g/mol. The highest BCUT2D eigenvalue weighted by Gasteiger charge is 2.27. The lowest BCUT2D eigenvalue weighted by molar-refractivity contribution is 0.102. The van der Waals surface area contributed by atoms with Crippen molar-refractivity contribution in [1.29, 1.82) is 0 Å². The largest absolute Gasteiger partial charge is 0.322 e. The van der Waals surface area contributed by atoms with Crippen molar-refractivity contribution >= 4 is 32.7 Å². The summed E-state index contributed by atoms with van der Waals surface area (Å²) in [6.07, 6.45) is 1.75. The number of para-hydroxylation sites is 1. The molecule has 5 rings (SSSR count).